The van der Waals surface area contributed by atoms with Crippen molar-refractivity contribution in [3.05, 3.63) is 23.0 Å². The second kappa shape index (κ2) is 6.00. The highest BCUT2D eigenvalue weighted by Gasteiger charge is 2.10. The molecule has 0 amide bonds. The first kappa shape index (κ1) is 13.1. The molecule has 0 radical (unpaired) electrons. The molecule has 18 heavy (non-hydrogen) atoms. The number of thiazole rings is 1. The first-order chi connectivity index (χ1) is 8.70. The maximum atomic E-state index is 10.7. The van der Waals surface area contributed by atoms with Gasteiger partial charge in [0, 0.05) is 17.3 Å². The van der Waals surface area contributed by atoms with E-state index in [1.165, 1.54) is 30.6 Å². The lowest BCUT2D eigenvalue weighted by molar-refractivity contribution is -0.136. The summed E-state index contributed by atoms with van der Waals surface area (Å²) in [6, 6.07) is 0. The van der Waals surface area contributed by atoms with Gasteiger partial charge in [0.15, 0.2) is 4.96 Å². The van der Waals surface area contributed by atoms with E-state index in [0.717, 1.165) is 29.2 Å². The fourth-order valence-electron chi connectivity index (χ4n) is 2.01. The van der Waals surface area contributed by atoms with E-state index < -0.39 is 5.97 Å². The Hall–Kier alpha value is -1.36. The number of hydrogen-bond donors (Lipinski definition) is 1. The van der Waals surface area contributed by atoms with Gasteiger partial charge in [-0.15, -0.1) is 11.3 Å². The topological polar surface area (TPSA) is 54.6 Å². The molecule has 0 aromatic carbocycles. The molecule has 0 fully saturated rings. The van der Waals surface area contributed by atoms with Crippen LogP contribution in [0.15, 0.2) is 11.6 Å². The Morgan fingerprint density at radius 3 is 3.00 bits per heavy atom. The zero-order valence-corrected chi connectivity index (χ0v) is 11.4. The van der Waals surface area contributed by atoms with Gasteiger partial charge in [0.05, 0.1) is 12.1 Å². The number of carboxylic acid groups (broad SMARTS) is 1. The number of carboxylic acids is 1. The van der Waals surface area contributed by atoms with Gasteiger partial charge in [0.1, 0.15) is 0 Å². The van der Waals surface area contributed by atoms with Crippen molar-refractivity contribution >= 4 is 22.3 Å². The Bertz CT molecular complexity index is 530. The average molecular weight is 266 g/mol. The SMILES string of the molecule is CCCCCCc1cn2c(CC(=O)O)csc2n1. The first-order valence-electron chi connectivity index (χ1n) is 6.37. The third-order valence-electron chi connectivity index (χ3n) is 2.95. The van der Waals surface area contributed by atoms with Gasteiger partial charge in [-0.25, -0.2) is 4.98 Å². The number of unbranched alkanes of at least 4 members (excludes halogenated alkanes) is 3. The highest BCUT2D eigenvalue weighted by molar-refractivity contribution is 7.15. The second-order valence-electron chi connectivity index (χ2n) is 4.49. The average Bonchev–Trinajstić information content (AvgIpc) is 2.86. The smallest absolute Gasteiger partial charge is 0.309 e. The predicted octanol–water partition coefficient (Wildman–Crippen LogP) is 3.15. The van der Waals surface area contributed by atoms with E-state index >= 15 is 0 Å². The van der Waals surface area contributed by atoms with Crippen molar-refractivity contribution in [3.63, 3.8) is 0 Å². The van der Waals surface area contributed by atoms with Crippen LogP contribution >= 0.6 is 11.3 Å². The first-order valence-corrected chi connectivity index (χ1v) is 7.24. The molecule has 98 valence electrons. The number of carbonyl (C=O) groups is 1. The second-order valence-corrected chi connectivity index (χ2v) is 5.33. The molecule has 0 atom stereocenters. The number of hydrogen-bond acceptors (Lipinski definition) is 3. The molecular weight excluding hydrogens is 248 g/mol. The Morgan fingerprint density at radius 2 is 2.28 bits per heavy atom. The van der Waals surface area contributed by atoms with Gasteiger partial charge < -0.3 is 5.11 Å². The maximum absolute atomic E-state index is 10.7. The minimum atomic E-state index is -0.798. The van der Waals surface area contributed by atoms with Crippen LogP contribution in [0.5, 0.6) is 0 Å². The molecule has 0 bridgehead atoms. The summed E-state index contributed by atoms with van der Waals surface area (Å²) in [5.74, 6) is -0.798. The number of imidazole rings is 1. The zero-order chi connectivity index (χ0) is 13.0. The Morgan fingerprint density at radius 1 is 1.44 bits per heavy atom. The summed E-state index contributed by atoms with van der Waals surface area (Å²) in [5, 5.41) is 10.7. The van der Waals surface area contributed by atoms with Crippen LogP contribution in [0.1, 0.15) is 44.0 Å². The van der Waals surface area contributed by atoms with E-state index in [4.69, 9.17) is 5.11 Å². The molecule has 0 unspecified atom stereocenters. The van der Waals surface area contributed by atoms with E-state index in [0.29, 0.717) is 0 Å². The van der Waals surface area contributed by atoms with Crippen molar-refractivity contribution in [2.45, 2.75) is 45.4 Å². The highest BCUT2D eigenvalue weighted by atomic mass is 32.1. The molecule has 1 N–H and O–H groups in total. The summed E-state index contributed by atoms with van der Waals surface area (Å²) in [5.41, 5.74) is 1.89. The van der Waals surface area contributed by atoms with Gasteiger partial charge in [-0.1, -0.05) is 26.2 Å². The Balaban J connectivity index is 2.03. The molecule has 0 aliphatic rings. The van der Waals surface area contributed by atoms with E-state index in [2.05, 4.69) is 11.9 Å². The molecule has 0 spiro atoms. The summed E-state index contributed by atoms with van der Waals surface area (Å²) < 4.78 is 1.91. The minimum absolute atomic E-state index is 0.0611. The number of aromatic nitrogens is 2. The van der Waals surface area contributed by atoms with Crippen LogP contribution in [0.25, 0.3) is 4.96 Å². The fraction of sp³-hybridized carbons (Fsp3) is 0.538. The number of aliphatic carboxylic acids is 1. The van der Waals surface area contributed by atoms with Crippen LogP contribution in [0, 0.1) is 0 Å². The van der Waals surface area contributed by atoms with Crippen molar-refractivity contribution in [2.24, 2.45) is 0 Å². The summed E-state index contributed by atoms with van der Waals surface area (Å²) in [6.07, 6.45) is 7.94. The maximum Gasteiger partial charge on any atom is 0.309 e. The van der Waals surface area contributed by atoms with Crippen molar-refractivity contribution in [2.75, 3.05) is 0 Å². The standard InChI is InChI=1S/C13H18N2O2S/c1-2-3-4-5-6-10-8-15-11(7-12(16)17)9-18-13(15)14-10/h8-9H,2-7H2,1H3,(H,16,17). The Labute approximate surface area is 110 Å². The Kier molecular flexibility index (Phi) is 4.36. The summed E-state index contributed by atoms with van der Waals surface area (Å²) >= 11 is 1.51. The summed E-state index contributed by atoms with van der Waals surface area (Å²) in [4.78, 5) is 16.2. The summed E-state index contributed by atoms with van der Waals surface area (Å²) in [7, 11) is 0. The quantitative estimate of drug-likeness (QED) is 0.783. The van der Waals surface area contributed by atoms with Gasteiger partial charge in [0.2, 0.25) is 0 Å². The number of aryl methyl sites for hydroxylation is 1. The van der Waals surface area contributed by atoms with E-state index in [-0.39, 0.29) is 6.42 Å². The van der Waals surface area contributed by atoms with Crippen LogP contribution in [-0.4, -0.2) is 20.5 Å². The number of fused-ring (bicyclic) bond motifs is 1. The van der Waals surface area contributed by atoms with E-state index in [1.54, 1.807) is 0 Å². The molecule has 0 saturated carbocycles. The van der Waals surface area contributed by atoms with E-state index in [1.807, 2.05) is 16.0 Å². The van der Waals surface area contributed by atoms with Crippen LogP contribution in [-0.2, 0) is 17.6 Å². The highest BCUT2D eigenvalue weighted by Crippen LogP contribution is 2.18. The molecule has 0 aliphatic heterocycles. The lowest BCUT2D eigenvalue weighted by Crippen LogP contribution is -2.02. The minimum Gasteiger partial charge on any atom is -0.481 e. The molecule has 2 rings (SSSR count). The van der Waals surface area contributed by atoms with Gasteiger partial charge in [-0.05, 0) is 12.8 Å². The molecule has 4 nitrogen and oxygen atoms in total. The lowest BCUT2D eigenvalue weighted by Gasteiger charge is -1.96. The van der Waals surface area contributed by atoms with Gasteiger partial charge in [-0.2, -0.15) is 0 Å². The fourth-order valence-corrected chi connectivity index (χ4v) is 2.90. The normalized spacial score (nSPS) is 11.2. The van der Waals surface area contributed by atoms with Crippen LogP contribution in [0.3, 0.4) is 0 Å². The van der Waals surface area contributed by atoms with Gasteiger partial charge in [-0.3, -0.25) is 9.20 Å². The molecule has 0 aliphatic carbocycles. The molecule has 2 aromatic heterocycles. The zero-order valence-electron chi connectivity index (χ0n) is 10.6. The number of nitrogens with zero attached hydrogens (tertiary/aromatic N) is 2. The monoisotopic (exact) mass is 266 g/mol. The third kappa shape index (κ3) is 3.10. The van der Waals surface area contributed by atoms with Crippen molar-refractivity contribution in [3.8, 4) is 0 Å². The van der Waals surface area contributed by atoms with Crippen LogP contribution in [0.4, 0.5) is 0 Å². The number of rotatable bonds is 7. The van der Waals surface area contributed by atoms with E-state index in [9.17, 15) is 4.79 Å². The third-order valence-corrected chi connectivity index (χ3v) is 3.84. The van der Waals surface area contributed by atoms with Crippen molar-refractivity contribution in [1.82, 2.24) is 9.38 Å². The molecule has 5 heteroatoms. The molecule has 2 aromatic rings. The molecule has 0 saturated heterocycles. The molecule has 2 heterocycles. The van der Waals surface area contributed by atoms with Crippen LogP contribution < -0.4 is 0 Å². The van der Waals surface area contributed by atoms with Crippen molar-refractivity contribution in [1.29, 1.82) is 0 Å². The van der Waals surface area contributed by atoms with Gasteiger partial charge >= 0.3 is 5.97 Å². The largest absolute Gasteiger partial charge is 0.481 e. The predicted molar refractivity (Wildman–Crippen MR) is 72.3 cm³/mol. The lowest BCUT2D eigenvalue weighted by atomic mass is 10.1. The molecular formula is C13H18N2O2S. The van der Waals surface area contributed by atoms with Crippen molar-refractivity contribution < 1.29 is 9.90 Å². The summed E-state index contributed by atoms with van der Waals surface area (Å²) in [6.45, 7) is 2.20. The van der Waals surface area contributed by atoms with Gasteiger partial charge in [0.25, 0.3) is 0 Å². The van der Waals surface area contributed by atoms with Crippen LogP contribution in [0.2, 0.25) is 0 Å².